The summed E-state index contributed by atoms with van der Waals surface area (Å²) in [4.78, 5) is 0. The van der Waals surface area contributed by atoms with Gasteiger partial charge in [-0.3, -0.25) is 0 Å². The molecule has 0 bridgehead atoms. The molecule has 0 amide bonds. The van der Waals surface area contributed by atoms with Crippen LogP contribution in [-0.4, -0.2) is 10.6 Å². The van der Waals surface area contributed by atoms with Gasteiger partial charge in [-0.2, -0.15) is 0 Å². The maximum atomic E-state index is 3.52. The zero-order chi connectivity index (χ0) is 15.1. The van der Waals surface area contributed by atoms with Crippen molar-refractivity contribution < 1.29 is 0 Å². The molecule has 116 valence electrons. The Morgan fingerprint density at radius 3 is 2.62 bits per heavy atom. The minimum atomic E-state index is 0.529. The Bertz CT molecular complexity index is 539. The van der Waals surface area contributed by atoms with Crippen LogP contribution in [0.1, 0.15) is 58.4 Å². The molecule has 0 saturated carbocycles. The molecule has 0 fully saturated rings. The molecule has 0 aliphatic carbocycles. The fourth-order valence-electron chi connectivity index (χ4n) is 2.84. The van der Waals surface area contributed by atoms with Crippen LogP contribution in [0.2, 0.25) is 0 Å². The summed E-state index contributed by atoms with van der Waals surface area (Å²) in [6, 6.07) is 9.48. The van der Waals surface area contributed by atoms with Crippen LogP contribution in [0.3, 0.4) is 0 Å². The first kappa shape index (κ1) is 16.1. The molecule has 0 aliphatic heterocycles. The predicted octanol–water partition coefficient (Wildman–Crippen LogP) is 5.11. The first-order chi connectivity index (χ1) is 10.2. The summed E-state index contributed by atoms with van der Waals surface area (Å²) in [5.74, 6) is 0. The molecule has 0 radical (unpaired) electrons. The van der Waals surface area contributed by atoms with Crippen molar-refractivity contribution in [1.82, 2.24) is 9.88 Å². The van der Waals surface area contributed by atoms with Gasteiger partial charge < -0.3 is 9.88 Å². The quantitative estimate of drug-likeness (QED) is 0.634. The van der Waals surface area contributed by atoms with Crippen LogP contribution in [0.4, 0.5) is 0 Å². The number of unbranched alkanes of at least 4 members (excludes halogenated alkanes) is 4. The number of hydrogen-bond acceptors (Lipinski definition) is 1. The Hall–Kier alpha value is -1.28. The van der Waals surface area contributed by atoms with Crippen LogP contribution in [0.5, 0.6) is 0 Å². The van der Waals surface area contributed by atoms with Gasteiger partial charge in [0.1, 0.15) is 0 Å². The molecule has 2 nitrogen and oxygen atoms in total. The number of hydrogen-bond donors (Lipinski definition) is 1. The Morgan fingerprint density at radius 2 is 1.86 bits per heavy atom. The molecular formula is C19H30N2. The summed E-state index contributed by atoms with van der Waals surface area (Å²) >= 11 is 0. The Labute approximate surface area is 129 Å². The van der Waals surface area contributed by atoms with Gasteiger partial charge in [-0.15, -0.1) is 0 Å². The fraction of sp³-hybridized carbons (Fsp3) is 0.579. The van der Waals surface area contributed by atoms with Crippen LogP contribution >= 0.6 is 0 Å². The third-order valence-electron chi connectivity index (χ3n) is 4.11. The standard InChI is InChI=1S/C19H30N2/c1-4-5-6-7-8-13-21-14-12-18-17(15-20-16(2)3)10-9-11-19(18)21/h9-12,14,16,20H,4-8,13,15H2,1-3H3. The molecule has 21 heavy (non-hydrogen) atoms. The molecule has 0 aliphatic rings. The molecule has 2 heteroatoms. The van der Waals surface area contributed by atoms with Gasteiger partial charge in [0, 0.05) is 36.2 Å². The van der Waals surface area contributed by atoms with E-state index in [1.807, 2.05) is 0 Å². The summed E-state index contributed by atoms with van der Waals surface area (Å²) in [6.45, 7) is 8.76. The molecule has 1 heterocycles. The summed E-state index contributed by atoms with van der Waals surface area (Å²) in [6.07, 6.45) is 8.96. The number of aryl methyl sites for hydroxylation is 1. The van der Waals surface area contributed by atoms with Crippen molar-refractivity contribution in [2.45, 2.75) is 72.0 Å². The van der Waals surface area contributed by atoms with Crippen LogP contribution in [-0.2, 0) is 13.1 Å². The second kappa shape index (κ2) is 8.23. The van der Waals surface area contributed by atoms with Crippen molar-refractivity contribution in [2.24, 2.45) is 0 Å². The minimum Gasteiger partial charge on any atom is -0.347 e. The molecular weight excluding hydrogens is 256 g/mol. The monoisotopic (exact) mass is 286 g/mol. The van der Waals surface area contributed by atoms with Gasteiger partial charge in [-0.05, 0) is 24.1 Å². The van der Waals surface area contributed by atoms with Crippen molar-refractivity contribution >= 4 is 10.9 Å². The third-order valence-corrected chi connectivity index (χ3v) is 4.11. The lowest BCUT2D eigenvalue weighted by Gasteiger charge is -2.10. The largest absolute Gasteiger partial charge is 0.347 e. The first-order valence-electron chi connectivity index (χ1n) is 8.52. The van der Waals surface area contributed by atoms with Crippen molar-refractivity contribution in [3.8, 4) is 0 Å². The zero-order valence-corrected chi connectivity index (χ0v) is 13.9. The zero-order valence-electron chi connectivity index (χ0n) is 13.9. The van der Waals surface area contributed by atoms with Crippen molar-refractivity contribution in [1.29, 1.82) is 0 Å². The van der Waals surface area contributed by atoms with Crippen molar-refractivity contribution in [3.05, 3.63) is 36.0 Å². The maximum absolute atomic E-state index is 3.52. The first-order valence-corrected chi connectivity index (χ1v) is 8.52. The second-order valence-electron chi connectivity index (χ2n) is 6.31. The lowest BCUT2D eigenvalue weighted by Crippen LogP contribution is -2.21. The normalized spacial score (nSPS) is 11.6. The smallest absolute Gasteiger partial charge is 0.0483 e. The van der Waals surface area contributed by atoms with E-state index in [0.717, 1.165) is 13.1 Å². The van der Waals surface area contributed by atoms with Gasteiger partial charge in [0.2, 0.25) is 0 Å². The average molecular weight is 286 g/mol. The van der Waals surface area contributed by atoms with Crippen LogP contribution < -0.4 is 5.32 Å². The van der Waals surface area contributed by atoms with E-state index < -0.39 is 0 Å². The predicted molar refractivity (Wildman–Crippen MR) is 92.7 cm³/mol. The van der Waals surface area contributed by atoms with E-state index in [1.165, 1.54) is 48.6 Å². The highest BCUT2D eigenvalue weighted by Crippen LogP contribution is 2.21. The number of nitrogens with zero attached hydrogens (tertiary/aromatic N) is 1. The lowest BCUT2D eigenvalue weighted by molar-refractivity contribution is 0.577. The second-order valence-corrected chi connectivity index (χ2v) is 6.31. The molecule has 2 aromatic rings. The number of benzene rings is 1. The van der Waals surface area contributed by atoms with Gasteiger partial charge in [-0.1, -0.05) is 58.6 Å². The van der Waals surface area contributed by atoms with Gasteiger partial charge in [0.25, 0.3) is 0 Å². The van der Waals surface area contributed by atoms with E-state index >= 15 is 0 Å². The number of fused-ring (bicyclic) bond motifs is 1. The lowest BCUT2D eigenvalue weighted by atomic mass is 10.1. The van der Waals surface area contributed by atoms with E-state index in [2.05, 4.69) is 61.1 Å². The summed E-state index contributed by atoms with van der Waals surface area (Å²) in [5.41, 5.74) is 2.79. The fourth-order valence-corrected chi connectivity index (χ4v) is 2.84. The van der Waals surface area contributed by atoms with E-state index in [4.69, 9.17) is 0 Å². The van der Waals surface area contributed by atoms with E-state index in [-0.39, 0.29) is 0 Å². The van der Waals surface area contributed by atoms with Crippen molar-refractivity contribution in [2.75, 3.05) is 0 Å². The highest BCUT2D eigenvalue weighted by molar-refractivity contribution is 5.83. The topological polar surface area (TPSA) is 17.0 Å². The van der Waals surface area contributed by atoms with Gasteiger partial charge in [0.15, 0.2) is 0 Å². The van der Waals surface area contributed by atoms with Crippen LogP contribution in [0.15, 0.2) is 30.5 Å². The number of nitrogens with one attached hydrogen (secondary N) is 1. The molecule has 0 saturated heterocycles. The van der Waals surface area contributed by atoms with E-state index in [0.29, 0.717) is 6.04 Å². The Kier molecular flexibility index (Phi) is 6.31. The molecule has 0 atom stereocenters. The summed E-state index contributed by atoms with van der Waals surface area (Å²) in [5, 5.41) is 4.92. The van der Waals surface area contributed by atoms with Crippen LogP contribution in [0, 0.1) is 0 Å². The summed E-state index contributed by atoms with van der Waals surface area (Å²) in [7, 11) is 0. The number of rotatable bonds is 9. The highest BCUT2D eigenvalue weighted by Gasteiger charge is 2.05. The van der Waals surface area contributed by atoms with Gasteiger partial charge in [0.05, 0.1) is 0 Å². The molecule has 1 aromatic carbocycles. The molecule has 2 rings (SSSR count). The molecule has 1 N–H and O–H groups in total. The highest BCUT2D eigenvalue weighted by atomic mass is 15.0. The van der Waals surface area contributed by atoms with Crippen LogP contribution in [0.25, 0.3) is 10.9 Å². The summed E-state index contributed by atoms with van der Waals surface area (Å²) < 4.78 is 2.42. The number of aromatic nitrogens is 1. The van der Waals surface area contributed by atoms with Gasteiger partial charge in [-0.25, -0.2) is 0 Å². The van der Waals surface area contributed by atoms with E-state index in [9.17, 15) is 0 Å². The van der Waals surface area contributed by atoms with E-state index in [1.54, 1.807) is 0 Å². The van der Waals surface area contributed by atoms with Gasteiger partial charge >= 0.3 is 0 Å². The Morgan fingerprint density at radius 1 is 1.05 bits per heavy atom. The van der Waals surface area contributed by atoms with Crippen molar-refractivity contribution in [3.63, 3.8) is 0 Å². The SMILES string of the molecule is CCCCCCCn1ccc2c(CNC(C)C)cccc21. The minimum absolute atomic E-state index is 0.529. The average Bonchev–Trinajstić information content (AvgIpc) is 2.89. The molecule has 1 aromatic heterocycles. The Balaban J connectivity index is 2.00. The maximum Gasteiger partial charge on any atom is 0.0483 e. The molecule has 0 unspecified atom stereocenters. The third kappa shape index (κ3) is 4.60. The molecule has 0 spiro atoms.